The summed E-state index contributed by atoms with van der Waals surface area (Å²) in [6, 6.07) is 5.31. The van der Waals surface area contributed by atoms with Gasteiger partial charge in [-0.1, -0.05) is 6.07 Å². The van der Waals surface area contributed by atoms with E-state index < -0.39 is 10.8 Å². The second-order valence-corrected chi connectivity index (χ2v) is 3.75. The van der Waals surface area contributed by atoms with E-state index >= 15 is 0 Å². The number of amides is 1. The lowest BCUT2D eigenvalue weighted by Crippen LogP contribution is -2.39. The van der Waals surface area contributed by atoms with Crippen LogP contribution in [0.4, 0.5) is 5.69 Å². The molecular formula is C8H6N3O3S2-. The Balaban J connectivity index is 2.79. The van der Waals surface area contributed by atoms with Crippen LogP contribution in [-0.4, -0.2) is 15.2 Å². The molecule has 0 bridgehead atoms. The highest BCUT2D eigenvalue weighted by atomic mass is 32.1. The third-order valence-electron chi connectivity index (χ3n) is 1.60. The summed E-state index contributed by atoms with van der Waals surface area (Å²) < 4.78 is -0.0150. The lowest BCUT2D eigenvalue weighted by molar-refractivity contribution is -0.384. The van der Waals surface area contributed by atoms with Crippen molar-refractivity contribution in [3.05, 3.63) is 39.9 Å². The van der Waals surface area contributed by atoms with Crippen LogP contribution in [0.2, 0.25) is 0 Å². The number of non-ortho nitro benzene ring substituents is 1. The SMILES string of the molecule is O=C(NNC(=S)[S-])c1cccc([N+](=O)[O-])c1. The fraction of sp³-hybridized carbons (Fsp3) is 0. The predicted octanol–water partition coefficient (Wildman–Crippen LogP) is 0.661. The molecule has 1 rings (SSSR count). The Morgan fingerprint density at radius 1 is 1.44 bits per heavy atom. The summed E-state index contributed by atoms with van der Waals surface area (Å²) in [7, 11) is 0. The number of hydrogen-bond donors (Lipinski definition) is 2. The maximum Gasteiger partial charge on any atom is 0.270 e. The van der Waals surface area contributed by atoms with Crippen LogP contribution in [-0.2, 0) is 12.6 Å². The largest absolute Gasteiger partial charge is 0.410 e. The standard InChI is InChI=1S/C8H7N3O3S2/c12-7(9-10-8(15)16)5-2-1-3-6(4-5)11(13)14/h1-4H,(H,9,12)(H2,10,15,16)/p-1. The number of rotatable bonds is 2. The number of carbonyl (C=O) groups excluding carboxylic acids is 1. The molecular weight excluding hydrogens is 250 g/mol. The monoisotopic (exact) mass is 256 g/mol. The molecule has 0 aliphatic carbocycles. The Hall–Kier alpha value is -1.80. The Kier molecular flexibility index (Phi) is 4.09. The molecule has 0 saturated carbocycles. The summed E-state index contributed by atoms with van der Waals surface area (Å²) in [5.74, 6) is -0.545. The first-order chi connectivity index (χ1) is 7.50. The van der Waals surface area contributed by atoms with Crippen molar-refractivity contribution in [3.63, 3.8) is 0 Å². The molecule has 1 aromatic rings. The molecule has 16 heavy (non-hydrogen) atoms. The fourth-order valence-corrected chi connectivity index (χ4v) is 1.04. The van der Waals surface area contributed by atoms with Gasteiger partial charge in [0, 0.05) is 17.7 Å². The Bertz CT molecular complexity index is 450. The fourth-order valence-electron chi connectivity index (χ4n) is 0.941. The van der Waals surface area contributed by atoms with Crippen molar-refractivity contribution in [1.82, 2.24) is 10.9 Å². The summed E-state index contributed by atoms with van der Waals surface area (Å²) in [6.45, 7) is 0. The zero-order valence-electron chi connectivity index (χ0n) is 7.80. The molecule has 1 aromatic carbocycles. The molecule has 0 unspecified atom stereocenters. The Morgan fingerprint density at radius 3 is 2.69 bits per heavy atom. The van der Waals surface area contributed by atoms with E-state index in [-0.39, 0.29) is 15.6 Å². The van der Waals surface area contributed by atoms with Crippen LogP contribution in [0.5, 0.6) is 0 Å². The molecule has 0 aromatic heterocycles. The highest BCUT2D eigenvalue weighted by Crippen LogP contribution is 2.12. The highest BCUT2D eigenvalue weighted by molar-refractivity contribution is 8.00. The number of hydrogen-bond acceptors (Lipinski definition) is 5. The second kappa shape index (κ2) is 5.33. The van der Waals surface area contributed by atoms with Crippen LogP contribution < -0.4 is 10.9 Å². The molecule has 8 heteroatoms. The van der Waals surface area contributed by atoms with Gasteiger partial charge in [0.15, 0.2) is 0 Å². The summed E-state index contributed by atoms with van der Waals surface area (Å²) in [6.07, 6.45) is 0. The number of carbonyl (C=O) groups is 1. The molecule has 0 spiro atoms. The molecule has 0 fully saturated rings. The highest BCUT2D eigenvalue weighted by Gasteiger charge is 2.10. The minimum Gasteiger partial charge on any atom is -0.410 e. The second-order valence-electron chi connectivity index (χ2n) is 2.67. The summed E-state index contributed by atoms with van der Waals surface area (Å²) in [5.41, 5.74) is 4.46. The van der Waals surface area contributed by atoms with E-state index in [0.717, 1.165) is 6.07 Å². The first-order valence-corrected chi connectivity index (χ1v) is 4.84. The zero-order valence-corrected chi connectivity index (χ0v) is 9.43. The minimum absolute atomic E-state index is 0.0150. The van der Waals surface area contributed by atoms with Crippen LogP contribution in [0.1, 0.15) is 10.4 Å². The van der Waals surface area contributed by atoms with Gasteiger partial charge in [-0.3, -0.25) is 20.3 Å². The van der Waals surface area contributed by atoms with Crippen molar-refractivity contribution < 1.29 is 9.72 Å². The van der Waals surface area contributed by atoms with Gasteiger partial charge in [-0.25, -0.2) is 0 Å². The number of nitro benzene ring substituents is 1. The van der Waals surface area contributed by atoms with Crippen molar-refractivity contribution in [2.24, 2.45) is 0 Å². The molecule has 6 nitrogen and oxygen atoms in total. The third-order valence-corrected chi connectivity index (χ3v) is 1.80. The zero-order chi connectivity index (χ0) is 12.1. The third kappa shape index (κ3) is 3.41. The summed E-state index contributed by atoms with van der Waals surface area (Å²) in [5, 5.41) is 10.5. The quantitative estimate of drug-likeness (QED) is 0.350. The molecule has 84 valence electrons. The normalized spacial score (nSPS) is 9.25. The number of hydrazine groups is 1. The van der Waals surface area contributed by atoms with E-state index in [0.29, 0.717) is 0 Å². The first-order valence-electron chi connectivity index (χ1n) is 4.02. The molecule has 0 aliphatic rings. The van der Waals surface area contributed by atoms with E-state index in [2.05, 4.69) is 35.7 Å². The van der Waals surface area contributed by atoms with Crippen molar-refractivity contribution in [2.45, 2.75) is 0 Å². The average Bonchev–Trinajstić information content (AvgIpc) is 2.26. The molecule has 1 amide bonds. The van der Waals surface area contributed by atoms with Gasteiger partial charge in [-0.2, -0.15) is 0 Å². The van der Waals surface area contributed by atoms with Gasteiger partial charge in [-0.05, 0) is 10.4 Å². The van der Waals surface area contributed by atoms with Gasteiger partial charge < -0.3 is 30.3 Å². The summed E-state index contributed by atoms with van der Waals surface area (Å²) >= 11 is 9.02. The Labute approximate surface area is 102 Å². The molecule has 0 heterocycles. The molecule has 0 aliphatic heterocycles. The molecule has 0 radical (unpaired) electrons. The first kappa shape index (κ1) is 12.3. The topological polar surface area (TPSA) is 84.3 Å². The van der Waals surface area contributed by atoms with Crippen LogP contribution in [0.3, 0.4) is 0 Å². The van der Waals surface area contributed by atoms with Gasteiger partial charge in [0.05, 0.1) is 4.92 Å². The van der Waals surface area contributed by atoms with E-state index in [1.165, 1.54) is 18.2 Å². The van der Waals surface area contributed by atoms with Gasteiger partial charge in [0.1, 0.15) is 0 Å². The van der Waals surface area contributed by atoms with E-state index in [9.17, 15) is 14.9 Å². The number of nitrogens with one attached hydrogen (secondary N) is 2. The van der Waals surface area contributed by atoms with Gasteiger partial charge >= 0.3 is 0 Å². The Morgan fingerprint density at radius 2 is 2.12 bits per heavy atom. The number of thiocarbonyl (C=S) groups is 1. The average molecular weight is 256 g/mol. The van der Waals surface area contributed by atoms with Crippen LogP contribution in [0.15, 0.2) is 24.3 Å². The van der Waals surface area contributed by atoms with E-state index in [4.69, 9.17) is 0 Å². The summed E-state index contributed by atoms with van der Waals surface area (Å²) in [4.78, 5) is 21.3. The van der Waals surface area contributed by atoms with Crippen molar-refractivity contribution in [3.8, 4) is 0 Å². The van der Waals surface area contributed by atoms with Crippen LogP contribution in [0.25, 0.3) is 0 Å². The number of nitro groups is 1. The smallest absolute Gasteiger partial charge is 0.270 e. The molecule has 2 N–H and O–H groups in total. The van der Waals surface area contributed by atoms with Gasteiger partial charge in [0.2, 0.25) is 0 Å². The molecule has 0 saturated heterocycles. The maximum absolute atomic E-state index is 11.4. The van der Waals surface area contributed by atoms with Crippen LogP contribution >= 0.6 is 12.2 Å². The van der Waals surface area contributed by atoms with E-state index in [1.807, 2.05) is 0 Å². The minimum atomic E-state index is -0.581. The molecule has 0 atom stereocenters. The predicted molar refractivity (Wildman–Crippen MR) is 63.7 cm³/mol. The van der Waals surface area contributed by atoms with Crippen molar-refractivity contribution in [2.75, 3.05) is 0 Å². The van der Waals surface area contributed by atoms with Gasteiger partial charge in [0.25, 0.3) is 11.6 Å². The van der Waals surface area contributed by atoms with Crippen molar-refractivity contribution in [1.29, 1.82) is 0 Å². The number of benzene rings is 1. The van der Waals surface area contributed by atoms with Gasteiger partial charge in [-0.15, -0.1) is 0 Å². The number of nitrogens with zero attached hydrogens (tertiary/aromatic N) is 1. The van der Waals surface area contributed by atoms with Crippen molar-refractivity contribution >= 4 is 40.8 Å². The van der Waals surface area contributed by atoms with E-state index in [1.54, 1.807) is 0 Å². The lowest BCUT2D eigenvalue weighted by atomic mass is 10.2. The lowest BCUT2D eigenvalue weighted by Gasteiger charge is -2.10. The van der Waals surface area contributed by atoms with Crippen LogP contribution in [0, 0.1) is 10.1 Å². The maximum atomic E-state index is 11.4.